The lowest BCUT2D eigenvalue weighted by Crippen LogP contribution is -2.34. The largest absolute Gasteiger partial charge is 0.462 e. The third-order valence-electron chi connectivity index (χ3n) is 1.68. The summed E-state index contributed by atoms with van der Waals surface area (Å²) in [6.45, 7) is 5.66. The second-order valence-corrected chi connectivity index (χ2v) is 2.67. The summed E-state index contributed by atoms with van der Waals surface area (Å²) in [6.07, 6.45) is 0.889. The maximum absolute atomic E-state index is 11.1. The molecular weight excluding hydrogens is 142 g/mol. The molecule has 3 nitrogen and oxygen atoms in total. The maximum Gasteiger partial charge on any atom is 0.323 e. The van der Waals surface area contributed by atoms with Crippen LogP contribution in [0.1, 0.15) is 27.2 Å². The summed E-state index contributed by atoms with van der Waals surface area (Å²) in [6, 6.07) is -0.205. The molecule has 0 aliphatic rings. The highest BCUT2D eigenvalue weighted by Gasteiger charge is 2.13. The van der Waals surface area contributed by atoms with E-state index in [4.69, 9.17) is 4.74 Å². The van der Waals surface area contributed by atoms with E-state index in [9.17, 15) is 4.79 Å². The number of rotatable bonds is 4. The van der Waals surface area contributed by atoms with Crippen LogP contribution in [0, 0.1) is 0 Å². The Bertz CT molecular complexity index is 125. The van der Waals surface area contributed by atoms with Gasteiger partial charge >= 0.3 is 5.97 Å². The average molecular weight is 159 g/mol. The highest BCUT2D eigenvalue weighted by atomic mass is 16.5. The minimum Gasteiger partial charge on any atom is -0.462 e. The summed E-state index contributed by atoms with van der Waals surface area (Å²) in [5.74, 6) is -0.179. The van der Waals surface area contributed by atoms with Crippen molar-refractivity contribution >= 4 is 5.97 Å². The van der Waals surface area contributed by atoms with E-state index < -0.39 is 0 Å². The number of hydrogen-bond acceptors (Lipinski definition) is 3. The molecule has 3 heteroatoms. The van der Waals surface area contributed by atoms with E-state index in [0.29, 0.717) is 0 Å². The van der Waals surface area contributed by atoms with E-state index in [2.05, 4.69) is 5.32 Å². The molecule has 0 aliphatic carbocycles. The fourth-order valence-corrected chi connectivity index (χ4v) is 0.502. The summed E-state index contributed by atoms with van der Waals surface area (Å²) in [5, 5.41) is 2.82. The minimum absolute atomic E-state index is 0.0262. The van der Waals surface area contributed by atoms with Gasteiger partial charge in [-0.2, -0.15) is 0 Å². The zero-order valence-corrected chi connectivity index (χ0v) is 7.68. The van der Waals surface area contributed by atoms with E-state index in [-0.39, 0.29) is 18.1 Å². The van der Waals surface area contributed by atoms with E-state index >= 15 is 0 Å². The van der Waals surface area contributed by atoms with Crippen molar-refractivity contribution in [3.8, 4) is 0 Å². The van der Waals surface area contributed by atoms with Crippen molar-refractivity contribution < 1.29 is 9.53 Å². The smallest absolute Gasteiger partial charge is 0.323 e. The Hall–Kier alpha value is -0.570. The van der Waals surface area contributed by atoms with Gasteiger partial charge in [0.05, 0.1) is 6.10 Å². The number of likely N-dealkylation sites (N-methyl/N-ethyl adjacent to an activating group) is 1. The van der Waals surface area contributed by atoms with Gasteiger partial charge in [0.25, 0.3) is 0 Å². The molecule has 66 valence electrons. The van der Waals surface area contributed by atoms with Crippen molar-refractivity contribution in [1.29, 1.82) is 0 Å². The Morgan fingerprint density at radius 1 is 1.55 bits per heavy atom. The first-order valence-electron chi connectivity index (χ1n) is 3.99. The molecule has 0 heterocycles. The summed E-state index contributed by atoms with van der Waals surface area (Å²) >= 11 is 0. The fraction of sp³-hybridized carbons (Fsp3) is 0.875. The molecule has 0 fully saturated rings. The molecule has 1 N–H and O–H groups in total. The zero-order chi connectivity index (χ0) is 8.85. The van der Waals surface area contributed by atoms with Gasteiger partial charge in [0.1, 0.15) is 6.04 Å². The number of hydrogen-bond donors (Lipinski definition) is 1. The van der Waals surface area contributed by atoms with Gasteiger partial charge in [-0.1, -0.05) is 6.92 Å². The van der Waals surface area contributed by atoms with Crippen LogP contribution >= 0.6 is 0 Å². The Balaban J connectivity index is 3.68. The fourth-order valence-electron chi connectivity index (χ4n) is 0.502. The number of esters is 1. The lowest BCUT2D eigenvalue weighted by atomic mass is 10.3. The first kappa shape index (κ1) is 10.4. The van der Waals surface area contributed by atoms with Gasteiger partial charge in [0, 0.05) is 0 Å². The van der Waals surface area contributed by atoms with Crippen LogP contribution in [0.4, 0.5) is 0 Å². The van der Waals surface area contributed by atoms with Crippen molar-refractivity contribution in [3.05, 3.63) is 0 Å². The third kappa shape index (κ3) is 3.98. The molecule has 11 heavy (non-hydrogen) atoms. The second-order valence-electron chi connectivity index (χ2n) is 2.67. The van der Waals surface area contributed by atoms with Crippen LogP contribution < -0.4 is 5.32 Å². The Kier molecular flexibility index (Phi) is 4.86. The van der Waals surface area contributed by atoms with Crippen molar-refractivity contribution in [2.24, 2.45) is 0 Å². The van der Waals surface area contributed by atoms with Gasteiger partial charge in [-0.25, -0.2) is 0 Å². The summed E-state index contributed by atoms with van der Waals surface area (Å²) < 4.78 is 5.05. The van der Waals surface area contributed by atoms with Crippen molar-refractivity contribution in [3.63, 3.8) is 0 Å². The van der Waals surface area contributed by atoms with Crippen LogP contribution in [-0.2, 0) is 9.53 Å². The van der Waals surface area contributed by atoms with E-state index in [1.807, 2.05) is 13.8 Å². The van der Waals surface area contributed by atoms with Crippen LogP contribution in [-0.4, -0.2) is 25.2 Å². The zero-order valence-electron chi connectivity index (χ0n) is 7.68. The van der Waals surface area contributed by atoms with Crippen molar-refractivity contribution in [2.75, 3.05) is 7.05 Å². The standard InChI is InChI=1S/C8H17NO2/c1-5-6(2)11-8(10)7(3)9-4/h6-7,9H,5H2,1-4H3/t6?,7-/m0/s1. The van der Waals surface area contributed by atoms with E-state index in [0.717, 1.165) is 6.42 Å². The van der Waals surface area contributed by atoms with Crippen LogP contribution in [0.25, 0.3) is 0 Å². The van der Waals surface area contributed by atoms with E-state index in [1.165, 1.54) is 0 Å². The summed E-state index contributed by atoms with van der Waals surface area (Å²) in [7, 11) is 1.74. The normalized spacial score (nSPS) is 15.6. The van der Waals surface area contributed by atoms with Gasteiger partial charge in [-0.15, -0.1) is 0 Å². The van der Waals surface area contributed by atoms with Gasteiger partial charge in [0.2, 0.25) is 0 Å². The monoisotopic (exact) mass is 159 g/mol. The van der Waals surface area contributed by atoms with Gasteiger partial charge in [-0.05, 0) is 27.3 Å². The number of ether oxygens (including phenoxy) is 1. The molecular formula is C8H17NO2. The summed E-state index contributed by atoms with van der Waals surface area (Å²) in [5.41, 5.74) is 0. The molecule has 1 unspecified atom stereocenters. The maximum atomic E-state index is 11.1. The lowest BCUT2D eigenvalue weighted by Gasteiger charge is -2.14. The molecule has 0 aromatic carbocycles. The predicted molar refractivity (Wildman–Crippen MR) is 44.4 cm³/mol. The highest BCUT2D eigenvalue weighted by molar-refractivity contribution is 5.75. The molecule has 0 spiro atoms. The molecule has 0 saturated carbocycles. The Morgan fingerprint density at radius 2 is 2.09 bits per heavy atom. The Labute approximate surface area is 68.1 Å². The molecule has 0 aromatic rings. The lowest BCUT2D eigenvalue weighted by molar-refractivity contribution is -0.150. The van der Waals surface area contributed by atoms with Gasteiger partial charge in [-0.3, -0.25) is 4.79 Å². The third-order valence-corrected chi connectivity index (χ3v) is 1.68. The summed E-state index contributed by atoms with van der Waals surface area (Å²) in [4.78, 5) is 11.1. The molecule has 0 aliphatic heterocycles. The van der Waals surface area contributed by atoms with Crippen LogP contribution in [0.3, 0.4) is 0 Å². The number of carbonyl (C=O) groups is 1. The van der Waals surface area contributed by atoms with Crippen LogP contribution in [0.5, 0.6) is 0 Å². The SMILES string of the molecule is CCC(C)OC(=O)[C@H](C)NC. The molecule has 2 atom stereocenters. The van der Waals surface area contributed by atoms with Crippen molar-refractivity contribution in [2.45, 2.75) is 39.3 Å². The number of carbonyl (C=O) groups excluding carboxylic acids is 1. The quantitative estimate of drug-likeness (QED) is 0.620. The topological polar surface area (TPSA) is 38.3 Å². The van der Waals surface area contributed by atoms with Crippen molar-refractivity contribution in [1.82, 2.24) is 5.32 Å². The van der Waals surface area contributed by atoms with Gasteiger partial charge < -0.3 is 10.1 Å². The molecule has 0 rings (SSSR count). The molecule has 0 saturated heterocycles. The number of nitrogens with one attached hydrogen (secondary N) is 1. The first-order chi connectivity index (χ1) is 5.11. The highest BCUT2D eigenvalue weighted by Crippen LogP contribution is 1.98. The molecule has 0 radical (unpaired) electrons. The second kappa shape index (κ2) is 5.13. The molecule has 0 amide bonds. The van der Waals surface area contributed by atoms with Crippen LogP contribution in [0.2, 0.25) is 0 Å². The minimum atomic E-state index is -0.205. The molecule has 0 bridgehead atoms. The van der Waals surface area contributed by atoms with Crippen LogP contribution in [0.15, 0.2) is 0 Å². The Morgan fingerprint density at radius 3 is 2.45 bits per heavy atom. The molecule has 0 aromatic heterocycles. The van der Waals surface area contributed by atoms with Gasteiger partial charge in [0.15, 0.2) is 0 Å². The van der Waals surface area contributed by atoms with E-state index in [1.54, 1.807) is 14.0 Å². The average Bonchev–Trinajstić information content (AvgIpc) is 2.02. The predicted octanol–water partition coefficient (Wildman–Crippen LogP) is 0.936. The first-order valence-corrected chi connectivity index (χ1v) is 3.99.